The van der Waals surface area contributed by atoms with Crippen LogP contribution in [0.4, 0.5) is 10.1 Å². The highest BCUT2D eigenvalue weighted by Gasteiger charge is 2.18. The van der Waals surface area contributed by atoms with Gasteiger partial charge >= 0.3 is 0 Å². The van der Waals surface area contributed by atoms with Crippen molar-refractivity contribution in [3.63, 3.8) is 0 Å². The molecule has 0 spiro atoms. The molecule has 0 saturated heterocycles. The van der Waals surface area contributed by atoms with Gasteiger partial charge in [-0.25, -0.2) is 4.39 Å². The molecule has 6 heteroatoms. The lowest BCUT2D eigenvalue weighted by Crippen LogP contribution is -2.40. The van der Waals surface area contributed by atoms with E-state index in [9.17, 15) is 9.50 Å². The molecule has 3 nitrogen and oxygen atoms in total. The number of anilines is 1. The second-order valence-electron chi connectivity index (χ2n) is 5.92. The number of phenolic OH excluding ortho intramolecular Hbond substituents is 1. The average Bonchev–Trinajstić information content (AvgIpc) is 2.69. The van der Waals surface area contributed by atoms with Gasteiger partial charge in [-0.3, -0.25) is 0 Å². The Morgan fingerprint density at radius 1 is 1.04 bits per heavy atom. The summed E-state index contributed by atoms with van der Waals surface area (Å²) in [6, 6.07) is 22.9. The van der Waals surface area contributed by atoms with Crippen molar-refractivity contribution in [2.75, 3.05) is 4.90 Å². The molecule has 3 aromatic rings. The molecule has 0 aliphatic rings. The van der Waals surface area contributed by atoms with E-state index in [-0.39, 0.29) is 17.4 Å². The van der Waals surface area contributed by atoms with E-state index in [1.165, 1.54) is 6.07 Å². The summed E-state index contributed by atoms with van der Waals surface area (Å²) in [6.45, 7) is 0.240. The second-order valence-corrected chi connectivity index (χ2v) is 6.74. The number of benzene rings is 3. The second kappa shape index (κ2) is 8.84. The van der Waals surface area contributed by atoms with Crippen LogP contribution in [0.1, 0.15) is 17.4 Å². The van der Waals surface area contributed by atoms with Gasteiger partial charge in [-0.1, -0.05) is 60.1 Å². The molecule has 0 aliphatic carbocycles. The highest BCUT2D eigenvalue weighted by molar-refractivity contribution is 7.80. The summed E-state index contributed by atoms with van der Waals surface area (Å²) in [5.41, 5.74) is 1.85. The summed E-state index contributed by atoms with van der Waals surface area (Å²) >= 11 is 11.5. The number of hydrogen-bond donors (Lipinski definition) is 2. The van der Waals surface area contributed by atoms with Crippen LogP contribution < -0.4 is 10.2 Å². The van der Waals surface area contributed by atoms with Gasteiger partial charge in [0.1, 0.15) is 5.75 Å². The van der Waals surface area contributed by atoms with E-state index < -0.39 is 6.30 Å². The Bertz CT molecular complexity index is 909. The van der Waals surface area contributed by atoms with Gasteiger partial charge in [-0.2, -0.15) is 0 Å². The van der Waals surface area contributed by atoms with Crippen molar-refractivity contribution in [3.05, 3.63) is 95.0 Å². The zero-order chi connectivity index (χ0) is 19.2. The number of phenols is 1. The minimum absolute atomic E-state index is 0.1000. The van der Waals surface area contributed by atoms with Crippen LogP contribution in [0.5, 0.6) is 5.75 Å². The Labute approximate surface area is 168 Å². The van der Waals surface area contributed by atoms with Gasteiger partial charge in [0.05, 0.1) is 6.54 Å². The van der Waals surface area contributed by atoms with Crippen LogP contribution in [-0.4, -0.2) is 10.2 Å². The summed E-state index contributed by atoms with van der Waals surface area (Å²) in [5, 5.41) is 13.6. The van der Waals surface area contributed by atoms with Crippen molar-refractivity contribution in [3.8, 4) is 5.75 Å². The zero-order valence-electron chi connectivity index (χ0n) is 14.3. The molecule has 0 fully saturated rings. The monoisotopic (exact) mass is 400 g/mol. The number of alkyl halides is 1. The van der Waals surface area contributed by atoms with Crippen molar-refractivity contribution in [1.29, 1.82) is 0 Å². The number of aromatic hydroxyl groups is 1. The molecule has 1 unspecified atom stereocenters. The molecule has 0 aromatic heterocycles. The normalized spacial score (nSPS) is 11.6. The standard InChI is InChI=1S/C21H18ClFN2OS/c22-17-11-12-19(26)16(13-17)14-25(18-9-5-2-6-10-18)21(27)24-20(23)15-7-3-1-4-8-15/h1-13,20,26H,14H2,(H,24,27). The fourth-order valence-electron chi connectivity index (χ4n) is 2.63. The first-order valence-electron chi connectivity index (χ1n) is 8.34. The number of nitrogens with zero attached hydrogens (tertiary/aromatic N) is 1. The van der Waals surface area contributed by atoms with E-state index in [1.807, 2.05) is 36.4 Å². The average molecular weight is 401 g/mol. The van der Waals surface area contributed by atoms with Gasteiger partial charge in [0.15, 0.2) is 11.4 Å². The molecule has 0 amide bonds. The van der Waals surface area contributed by atoms with Crippen LogP contribution in [0.25, 0.3) is 0 Å². The number of thiocarbonyl (C=S) groups is 1. The number of rotatable bonds is 5. The summed E-state index contributed by atoms with van der Waals surface area (Å²) in [6.07, 6.45) is -1.45. The third-order valence-corrected chi connectivity index (χ3v) is 4.60. The topological polar surface area (TPSA) is 35.5 Å². The lowest BCUT2D eigenvalue weighted by Gasteiger charge is -2.27. The van der Waals surface area contributed by atoms with E-state index in [0.717, 1.165) is 5.69 Å². The van der Waals surface area contributed by atoms with Crippen LogP contribution >= 0.6 is 23.8 Å². The van der Waals surface area contributed by atoms with Crippen LogP contribution in [0.3, 0.4) is 0 Å². The minimum Gasteiger partial charge on any atom is -0.508 e. The van der Waals surface area contributed by atoms with E-state index in [2.05, 4.69) is 5.32 Å². The van der Waals surface area contributed by atoms with Crippen LogP contribution in [0, 0.1) is 0 Å². The first-order chi connectivity index (χ1) is 13.0. The molecule has 27 heavy (non-hydrogen) atoms. The summed E-state index contributed by atoms with van der Waals surface area (Å²) < 4.78 is 14.6. The Morgan fingerprint density at radius 3 is 2.33 bits per heavy atom. The molecule has 0 saturated carbocycles. The van der Waals surface area contributed by atoms with Crippen LogP contribution in [0.15, 0.2) is 78.9 Å². The molecular formula is C21H18ClFN2OS. The van der Waals surface area contributed by atoms with Crippen LogP contribution in [-0.2, 0) is 6.54 Å². The Morgan fingerprint density at radius 2 is 1.67 bits per heavy atom. The smallest absolute Gasteiger partial charge is 0.197 e. The largest absolute Gasteiger partial charge is 0.508 e. The van der Waals surface area contributed by atoms with Gasteiger partial charge < -0.3 is 15.3 Å². The van der Waals surface area contributed by atoms with E-state index in [4.69, 9.17) is 23.8 Å². The number of hydrogen-bond acceptors (Lipinski definition) is 2. The molecule has 0 radical (unpaired) electrons. The lowest BCUT2D eigenvalue weighted by atomic mass is 10.1. The number of para-hydroxylation sites is 1. The van der Waals surface area contributed by atoms with Crippen molar-refractivity contribution >= 4 is 34.6 Å². The first-order valence-corrected chi connectivity index (χ1v) is 9.12. The van der Waals surface area contributed by atoms with Gasteiger partial charge in [0.2, 0.25) is 0 Å². The maximum atomic E-state index is 14.6. The number of nitrogens with one attached hydrogen (secondary N) is 1. The molecule has 1 atom stereocenters. The maximum Gasteiger partial charge on any atom is 0.197 e. The third-order valence-electron chi connectivity index (χ3n) is 4.03. The zero-order valence-corrected chi connectivity index (χ0v) is 15.9. The molecule has 2 N–H and O–H groups in total. The summed E-state index contributed by atoms with van der Waals surface area (Å²) in [4.78, 5) is 1.72. The highest BCUT2D eigenvalue weighted by atomic mass is 35.5. The predicted octanol–water partition coefficient (Wildman–Crippen LogP) is 5.60. The fraction of sp³-hybridized carbons (Fsp3) is 0.0952. The van der Waals surface area contributed by atoms with Gasteiger partial charge in [-0.15, -0.1) is 0 Å². The lowest BCUT2D eigenvalue weighted by molar-refractivity contribution is 0.321. The number of halogens is 2. The molecular weight excluding hydrogens is 383 g/mol. The Balaban J connectivity index is 1.86. The molecule has 3 aromatic carbocycles. The van der Waals surface area contributed by atoms with Crippen LogP contribution in [0.2, 0.25) is 5.02 Å². The minimum atomic E-state index is -1.45. The van der Waals surface area contributed by atoms with Crippen molar-refractivity contribution in [2.45, 2.75) is 12.8 Å². The van der Waals surface area contributed by atoms with E-state index in [0.29, 0.717) is 16.1 Å². The van der Waals surface area contributed by atoms with Gasteiger partial charge in [0, 0.05) is 21.8 Å². The molecule has 3 rings (SSSR count). The predicted molar refractivity (Wildman–Crippen MR) is 112 cm³/mol. The molecule has 0 heterocycles. The van der Waals surface area contributed by atoms with Gasteiger partial charge in [-0.05, 0) is 42.5 Å². The van der Waals surface area contributed by atoms with Gasteiger partial charge in [0.25, 0.3) is 0 Å². The maximum absolute atomic E-state index is 14.6. The molecule has 0 aliphatic heterocycles. The first kappa shape index (κ1) is 19.1. The van der Waals surface area contributed by atoms with E-state index >= 15 is 0 Å². The Kier molecular flexibility index (Phi) is 6.27. The van der Waals surface area contributed by atoms with Crippen molar-refractivity contribution < 1.29 is 9.50 Å². The highest BCUT2D eigenvalue weighted by Crippen LogP contribution is 2.26. The SMILES string of the molecule is Oc1ccc(Cl)cc1CN(C(=S)NC(F)c1ccccc1)c1ccccc1. The van der Waals surface area contributed by atoms with Crippen molar-refractivity contribution in [1.82, 2.24) is 5.32 Å². The summed E-state index contributed by atoms with van der Waals surface area (Å²) in [7, 11) is 0. The third kappa shape index (κ3) is 4.96. The van der Waals surface area contributed by atoms with E-state index in [1.54, 1.807) is 41.3 Å². The van der Waals surface area contributed by atoms with Crippen molar-refractivity contribution in [2.24, 2.45) is 0 Å². The Hall–Kier alpha value is -2.63. The fourth-order valence-corrected chi connectivity index (χ4v) is 3.10. The quantitative estimate of drug-likeness (QED) is 0.432. The molecule has 138 valence electrons. The molecule has 0 bridgehead atoms. The summed E-state index contributed by atoms with van der Waals surface area (Å²) in [5.74, 6) is 0.1000.